The molecule has 1 amide bonds. The van der Waals surface area contributed by atoms with Gasteiger partial charge in [0.1, 0.15) is 0 Å². The van der Waals surface area contributed by atoms with Gasteiger partial charge in [0.25, 0.3) is 0 Å². The van der Waals surface area contributed by atoms with E-state index in [1.165, 1.54) is 12.1 Å². The minimum absolute atomic E-state index is 0.0455. The first kappa shape index (κ1) is 21.2. The average Bonchev–Trinajstić information content (AvgIpc) is 3.23. The van der Waals surface area contributed by atoms with Gasteiger partial charge in [0.05, 0.1) is 11.4 Å². The van der Waals surface area contributed by atoms with Gasteiger partial charge in [-0.05, 0) is 50.2 Å². The number of nitrogens with zero attached hydrogens (tertiary/aromatic N) is 3. The molecular formula is C22H24N4O4S. The maximum Gasteiger partial charge on any atom is 0.241 e. The summed E-state index contributed by atoms with van der Waals surface area (Å²) in [7, 11) is -3.25. The van der Waals surface area contributed by atoms with E-state index in [1.807, 2.05) is 30.3 Å². The molecule has 0 radical (unpaired) electrons. The molecule has 1 fully saturated rings. The van der Waals surface area contributed by atoms with E-state index in [4.69, 9.17) is 4.52 Å². The van der Waals surface area contributed by atoms with Gasteiger partial charge in [-0.15, -0.1) is 0 Å². The van der Waals surface area contributed by atoms with Crippen LogP contribution in [0.5, 0.6) is 0 Å². The molecule has 0 unspecified atom stereocenters. The zero-order chi connectivity index (χ0) is 21.8. The molecule has 9 heteroatoms. The second-order valence-electron chi connectivity index (χ2n) is 7.71. The van der Waals surface area contributed by atoms with Gasteiger partial charge in [0, 0.05) is 23.4 Å². The van der Waals surface area contributed by atoms with E-state index in [2.05, 4.69) is 20.4 Å². The number of rotatable bonds is 6. The molecule has 4 rings (SSSR count). The molecule has 0 aliphatic carbocycles. The number of piperidine rings is 1. The van der Waals surface area contributed by atoms with Crippen molar-refractivity contribution < 1.29 is 17.7 Å². The molecule has 1 aliphatic heterocycles. The number of carbonyl (C=O) groups is 1. The third-order valence-electron chi connectivity index (χ3n) is 5.37. The number of likely N-dealkylation sites (tertiary alicyclic amines) is 1. The lowest BCUT2D eigenvalue weighted by atomic mass is 9.96. The summed E-state index contributed by atoms with van der Waals surface area (Å²) in [6, 6.07) is 15.9. The molecule has 0 bridgehead atoms. The van der Waals surface area contributed by atoms with Gasteiger partial charge in [0.15, 0.2) is 9.84 Å². The highest BCUT2D eigenvalue weighted by atomic mass is 32.2. The second kappa shape index (κ2) is 8.99. The van der Waals surface area contributed by atoms with Crippen LogP contribution >= 0.6 is 0 Å². The lowest BCUT2D eigenvalue weighted by Gasteiger charge is -2.30. The topological polar surface area (TPSA) is 105 Å². The predicted octanol–water partition coefficient (Wildman–Crippen LogP) is 2.99. The number of benzene rings is 2. The number of sulfone groups is 1. The van der Waals surface area contributed by atoms with E-state index in [-0.39, 0.29) is 16.7 Å². The van der Waals surface area contributed by atoms with E-state index in [0.29, 0.717) is 23.9 Å². The molecule has 3 aromatic rings. The quantitative estimate of drug-likeness (QED) is 0.628. The first-order valence-corrected chi connectivity index (χ1v) is 12.0. The van der Waals surface area contributed by atoms with Crippen LogP contribution in [-0.2, 0) is 21.2 Å². The molecule has 0 saturated carbocycles. The predicted molar refractivity (Wildman–Crippen MR) is 116 cm³/mol. The van der Waals surface area contributed by atoms with Crippen LogP contribution in [0.1, 0.15) is 18.7 Å². The van der Waals surface area contributed by atoms with E-state index >= 15 is 0 Å². The monoisotopic (exact) mass is 440 g/mol. The van der Waals surface area contributed by atoms with E-state index in [9.17, 15) is 13.2 Å². The molecule has 8 nitrogen and oxygen atoms in total. The summed E-state index contributed by atoms with van der Waals surface area (Å²) >= 11 is 0. The number of amides is 1. The van der Waals surface area contributed by atoms with Crippen molar-refractivity contribution in [1.29, 1.82) is 0 Å². The largest absolute Gasteiger partial charge is 0.338 e. The van der Waals surface area contributed by atoms with Gasteiger partial charge in [-0.2, -0.15) is 4.98 Å². The van der Waals surface area contributed by atoms with Crippen molar-refractivity contribution in [3.63, 3.8) is 0 Å². The summed E-state index contributed by atoms with van der Waals surface area (Å²) in [5, 5.41) is 6.93. The van der Waals surface area contributed by atoms with Crippen LogP contribution in [-0.4, -0.2) is 48.7 Å². The second-order valence-corrected chi connectivity index (χ2v) is 9.73. The zero-order valence-corrected chi connectivity index (χ0v) is 18.0. The number of anilines is 1. The number of carbonyl (C=O) groups excluding carboxylic acids is 1. The Kier molecular flexibility index (Phi) is 6.15. The Morgan fingerprint density at radius 3 is 2.42 bits per heavy atom. The average molecular weight is 441 g/mol. The lowest BCUT2D eigenvalue weighted by Crippen LogP contribution is -2.37. The molecular weight excluding hydrogens is 416 g/mol. The Hall–Kier alpha value is -3.04. The number of hydrogen-bond donors (Lipinski definition) is 1. The van der Waals surface area contributed by atoms with E-state index in [0.717, 1.165) is 37.8 Å². The maximum absolute atomic E-state index is 12.6. The fourth-order valence-electron chi connectivity index (χ4n) is 3.60. The van der Waals surface area contributed by atoms with Crippen LogP contribution in [0.4, 0.5) is 5.69 Å². The molecule has 0 spiro atoms. The third-order valence-corrected chi connectivity index (χ3v) is 6.50. The van der Waals surface area contributed by atoms with Gasteiger partial charge in [-0.25, -0.2) is 8.42 Å². The van der Waals surface area contributed by atoms with Crippen LogP contribution in [0.3, 0.4) is 0 Å². The third kappa shape index (κ3) is 5.36. The normalized spacial score (nSPS) is 15.6. The van der Waals surface area contributed by atoms with Crippen LogP contribution in [0.2, 0.25) is 0 Å². The number of nitrogens with one attached hydrogen (secondary N) is 1. The van der Waals surface area contributed by atoms with Crippen molar-refractivity contribution in [1.82, 2.24) is 15.0 Å². The molecule has 1 aromatic heterocycles. The minimum Gasteiger partial charge on any atom is -0.338 e. The molecule has 1 saturated heterocycles. The number of hydrogen-bond acceptors (Lipinski definition) is 7. The highest BCUT2D eigenvalue weighted by Crippen LogP contribution is 2.22. The summed E-state index contributed by atoms with van der Waals surface area (Å²) < 4.78 is 28.5. The number of aromatic nitrogens is 2. The molecule has 162 valence electrons. The van der Waals surface area contributed by atoms with Crippen LogP contribution in [0.15, 0.2) is 64.0 Å². The minimum atomic E-state index is -3.25. The molecule has 31 heavy (non-hydrogen) atoms. The highest BCUT2D eigenvalue weighted by molar-refractivity contribution is 7.90. The fraction of sp³-hybridized carbons (Fsp3) is 0.318. The molecule has 1 aliphatic rings. The Morgan fingerprint density at radius 1 is 1.10 bits per heavy atom. The summed E-state index contributed by atoms with van der Waals surface area (Å²) in [4.78, 5) is 19.5. The van der Waals surface area contributed by atoms with Crippen LogP contribution in [0, 0.1) is 5.92 Å². The van der Waals surface area contributed by atoms with Crippen molar-refractivity contribution in [2.75, 3.05) is 24.7 Å². The van der Waals surface area contributed by atoms with Crippen LogP contribution in [0.25, 0.3) is 11.4 Å². The van der Waals surface area contributed by atoms with Crippen molar-refractivity contribution in [2.45, 2.75) is 24.3 Å². The Bertz CT molecular complexity index is 1140. The smallest absolute Gasteiger partial charge is 0.241 e. The van der Waals surface area contributed by atoms with Gasteiger partial charge < -0.3 is 9.84 Å². The van der Waals surface area contributed by atoms with Crippen molar-refractivity contribution >= 4 is 21.4 Å². The van der Waals surface area contributed by atoms with Gasteiger partial charge in [-0.3, -0.25) is 9.69 Å². The molecule has 0 atom stereocenters. The highest BCUT2D eigenvalue weighted by Gasteiger charge is 2.26. The molecule has 1 N–H and O–H groups in total. The first-order chi connectivity index (χ1) is 14.9. The van der Waals surface area contributed by atoms with Crippen molar-refractivity contribution in [2.24, 2.45) is 5.92 Å². The van der Waals surface area contributed by atoms with Crippen molar-refractivity contribution in [3.8, 4) is 11.4 Å². The summed E-state index contributed by atoms with van der Waals surface area (Å²) in [6.07, 6.45) is 2.62. The fourth-order valence-corrected chi connectivity index (χ4v) is 4.23. The standard InChI is InChI=1S/C22H24N4O4S/c1-31(28,29)19-9-7-18(8-10-19)23-22(27)17-11-13-26(14-12-17)15-20-24-21(25-30-20)16-5-3-2-4-6-16/h2-10,17H,11-15H2,1H3,(H,23,27). The van der Waals surface area contributed by atoms with E-state index < -0.39 is 9.84 Å². The Balaban J connectivity index is 1.28. The molecule has 2 heterocycles. The SMILES string of the molecule is CS(=O)(=O)c1ccc(NC(=O)C2CCN(Cc3nc(-c4ccccc4)no3)CC2)cc1. The maximum atomic E-state index is 12.6. The van der Waals surface area contributed by atoms with Gasteiger partial charge >= 0.3 is 0 Å². The van der Waals surface area contributed by atoms with Crippen molar-refractivity contribution in [3.05, 3.63) is 60.5 Å². The van der Waals surface area contributed by atoms with E-state index in [1.54, 1.807) is 12.1 Å². The van der Waals surface area contributed by atoms with Gasteiger partial charge in [-0.1, -0.05) is 35.5 Å². The first-order valence-electron chi connectivity index (χ1n) is 10.1. The molecule has 2 aromatic carbocycles. The summed E-state index contributed by atoms with van der Waals surface area (Å²) in [6.45, 7) is 2.07. The Labute approximate surface area is 181 Å². The Morgan fingerprint density at radius 2 is 1.77 bits per heavy atom. The zero-order valence-electron chi connectivity index (χ0n) is 17.2. The van der Waals surface area contributed by atoms with Gasteiger partial charge in [0.2, 0.25) is 17.6 Å². The van der Waals surface area contributed by atoms with Crippen LogP contribution < -0.4 is 5.32 Å². The summed E-state index contributed by atoms with van der Waals surface area (Å²) in [5.74, 6) is 1.00. The summed E-state index contributed by atoms with van der Waals surface area (Å²) in [5.41, 5.74) is 1.51. The lowest BCUT2D eigenvalue weighted by molar-refractivity contribution is -0.121.